The lowest BCUT2D eigenvalue weighted by atomic mass is 9.72. The van der Waals surface area contributed by atoms with E-state index in [9.17, 15) is 18.7 Å². The first-order valence-electron chi connectivity index (χ1n) is 6.62. The van der Waals surface area contributed by atoms with E-state index >= 15 is 0 Å². The highest BCUT2D eigenvalue weighted by Gasteiger charge is 2.44. The predicted octanol–water partition coefficient (Wildman–Crippen LogP) is 1.92. The zero-order valence-electron chi connectivity index (χ0n) is 11.7. The Balaban J connectivity index is 2.43. The molecule has 0 aromatic heterocycles. The lowest BCUT2D eigenvalue weighted by Gasteiger charge is -2.38. The van der Waals surface area contributed by atoms with E-state index in [0.29, 0.717) is 31.5 Å². The highest BCUT2D eigenvalue weighted by Crippen LogP contribution is 2.40. The van der Waals surface area contributed by atoms with Crippen LogP contribution in [0.5, 0.6) is 5.75 Å². The molecule has 1 fully saturated rings. The third kappa shape index (κ3) is 3.07. The van der Waals surface area contributed by atoms with E-state index in [4.69, 9.17) is 5.73 Å². The molecule has 21 heavy (non-hydrogen) atoms. The number of carboxylic acid groups (broad SMARTS) is 1. The molecule has 0 atom stereocenters. The van der Waals surface area contributed by atoms with Crippen molar-refractivity contribution in [2.24, 2.45) is 0 Å². The van der Waals surface area contributed by atoms with Gasteiger partial charge in [-0.25, -0.2) is 0 Å². The fourth-order valence-corrected chi connectivity index (χ4v) is 2.72. The van der Waals surface area contributed by atoms with E-state index in [0.717, 1.165) is 0 Å². The summed E-state index contributed by atoms with van der Waals surface area (Å²) in [6.07, 6.45) is 0.752. The normalized spacial score (nSPS) is 18.7. The SMILES string of the molecule is CN1CCC(C(=O)O)(c2cc(OC(F)F)ccc2N)CC1. The number of hydrogen-bond acceptors (Lipinski definition) is 4. The zero-order chi connectivity index (χ0) is 15.6. The van der Waals surface area contributed by atoms with Crippen molar-refractivity contribution < 1.29 is 23.4 Å². The number of rotatable bonds is 4. The van der Waals surface area contributed by atoms with Gasteiger partial charge >= 0.3 is 12.6 Å². The van der Waals surface area contributed by atoms with E-state index in [2.05, 4.69) is 4.74 Å². The molecule has 2 rings (SSSR count). The van der Waals surface area contributed by atoms with Crippen molar-refractivity contribution in [2.45, 2.75) is 24.9 Å². The monoisotopic (exact) mass is 300 g/mol. The van der Waals surface area contributed by atoms with Crippen LogP contribution < -0.4 is 10.5 Å². The summed E-state index contributed by atoms with van der Waals surface area (Å²) in [7, 11) is 1.91. The molecule has 0 amide bonds. The summed E-state index contributed by atoms with van der Waals surface area (Å²) >= 11 is 0. The topological polar surface area (TPSA) is 75.8 Å². The van der Waals surface area contributed by atoms with E-state index in [1.54, 1.807) is 0 Å². The lowest BCUT2D eigenvalue weighted by molar-refractivity contribution is -0.145. The van der Waals surface area contributed by atoms with Gasteiger partial charge in [0.15, 0.2) is 0 Å². The van der Waals surface area contributed by atoms with Crippen molar-refractivity contribution in [1.29, 1.82) is 0 Å². The summed E-state index contributed by atoms with van der Waals surface area (Å²) in [5, 5.41) is 9.66. The average Bonchev–Trinajstić information content (AvgIpc) is 2.41. The molecule has 3 N–H and O–H groups in total. The van der Waals surface area contributed by atoms with Crippen molar-refractivity contribution in [3.63, 3.8) is 0 Å². The summed E-state index contributed by atoms with van der Waals surface area (Å²) in [5.41, 5.74) is 5.36. The van der Waals surface area contributed by atoms with Gasteiger partial charge < -0.3 is 20.5 Å². The molecule has 0 unspecified atom stereocenters. The minimum Gasteiger partial charge on any atom is -0.481 e. The Hall–Kier alpha value is -1.89. The fraction of sp³-hybridized carbons (Fsp3) is 0.500. The van der Waals surface area contributed by atoms with Crippen molar-refractivity contribution in [2.75, 3.05) is 25.9 Å². The number of anilines is 1. The van der Waals surface area contributed by atoms with E-state index in [-0.39, 0.29) is 11.4 Å². The van der Waals surface area contributed by atoms with Gasteiger partial charge in [0, 0.05) is 5.69 Å². The maximum Gasteiger partial charge on any atom is 0.387 e. The summed E-state index contributed by atoms with van der Waals surface area (Å²) in [4.78, 5) is 13.8. The highest BCUT2D eigenvalue weighted by atomic mass is 19.3. The van der Waals surface area contributed by atoms with E-state index < -0.39 is 18.0 Å². The number of likely N-dealkylation sites (tertiary alicyclic amines) is 1. The van der Waals surface area contributed by atoms with Crippen LogP contribution in [-0.2, 0) is 10.2 Å². The predicted molar refractivity (Wildman–Crippen MR) is 73.5 cm³/mol. The van der Waals surface area contributed by atoms with Gasteiger partial charge in [-0.05, 0) is 56.7 Å². The summed E-state index contributed by atoms with van der Waals surface area (Å²) in [6, 6.07) is 4.05. The number of nitrogens with two attached hydrogens (primary N) is 1. The van der Waals surface area contributed by atoms with Gasteiger partial charge in [0.05, 0.1) is 5.41 Å². The third-order valence-electron chi connectivity index (χ3n) is 4.02. The number of halogens is 2. The Morgan fingerprint density at radius 1 is 1.43 bits per heavy atom. The first-order valence-corrected chi connectivity index (χ1v) is 6.62. The van der Waals surface area contributed by atoms with E-state index in [1.807, 2.05) is 11.9 Å². The van der Waals surface area contributed by atoms with Gasteiger partial charge in [0.1, 0.15) is 5.75 Å². The van der Waals surface area contributed by atoms with Crippen molar-refractivity contribution >= 4 is 11.7 Å². The van der Waals surface area contributed by atoms with Crippen molar-refractivity contribution in [3.8, 4) is 5.75 Å². The minimum absolute atomic E-state index is 0.0752. The molecule has 7 heteroatoms. The summed E-state index contributed by atoms with van der Waals surface area (Å²) in [5.74, 6) is -1.06. The minimum atomic E-state index is -2.96. The number of ether oxygens (including phenoxy) is 1. The van der Waals surface area contributed by atoms with Crippen LogP contribution in [0.2, 0.25) is 0 Å². The second-order valence-corrected chi connectivity index (χ2v) is 5.32. The van der Waals surface area contributed by atoms with Gasteiger partial charge in [-0.2, -0.15) is 8.78 Å². The van der Waals surface area contributed by atoms with Gasteiger partial charge in [0.25, 0.3) is 0 Å². The molecule has 0 spiro atoms. The van der Waals surface area contributed by atoms with E-state index in [1.165, 1.54) is 18.2 Å². The number of carbonyl (C=O) groups is 1. The number of hydrogen-bond donors (Lipinski definition) is 2. The molecule has 1 saturated heterocycles. The number of nitrogens with zero attached hydrogens (tertiary/aromatic N) is 1. The number of carboxylic acids is 1. The molecule has 1 aromatic carbocycles. The number of nitrogen functional groups attached to an aromatic ring is 1. The van der Waals surface area contributed by atoms with Crippen LogP contribution in [0.1, 0.15) is 18.4 Å². The molecular formula is C14H18F2N2O3. The van der Waals surface area contributed by atoms with Crippen molar-refractivity contribution in [1.82, 2.24) is 4.90 Å². The standard InChI is InChI=1S/C14H18F2N2O3/c1-18-6-4-14(5-7-18,12(19)20)10-8-9(21-13(15)16)2-3-11(10)17/h2-3,8,13H,4-7,17H2,1H3,(H,19,20). The number of benzene rings is 1. The van der Waals surface area contributed by atoms with Gasteiger partial charge in [-0.3, -0.25) is 4.79 Å². The highest BCUT2D eigenvalue weighted by molar-refractivity contribution is 5.84. The maximum atomic E-state index is 12.3. The van der Waals surface area contributed by atoms with Crippen LogP contribution in [0.3, 0.4) is 0 Å². The molecule has 0 aliphatic carbocycles. The molecule has 1 heterocycles. The average molecular weight is 300 g/mol. The first kappa shape index (κ1) is 15.5. The molecule has 0 saturated carbocycles. The fourth-order valence-electron chi connectivity index (χ4n) is 2.72. The van der Waals surface area contributed by atoms with Gasteiger partial charge in [-0.1, -0.05) is 0 Å². The second-order valence-electron chi connectivity index (χ2n) is 5.32. The van der Waals surface area contributed by atoms with Gasteiger partial charge in [0.2, 0.25) is 0 Å². The smallest absolute Gasteiger partial charge is 0.387 e. The Kier molecular flexibility index (Phi) is 4.32. The van der Waals surface area contributed by atoms with Crippen LogP contribution >= 0.6 is 0 Å². The molecule has 116 valence electrons. The van der Waals surface area contributed by atoms with Crippen molar-refractivity contribution in [3.05, 3.63) is 23.8 Å². The molecule has 1 aromatic rings. The molecule has 0 bridgehead atoms. The molecule has 0 radical (unpaired) electrons. The maximum absolute atomic E-state index is 12.3. The Bertz CT molecular complexity index is 529. The summed E-state index contributed by atoms with van der Waals surface area (Å²) < 4.78 is 29.0. The number of alkyl halides is 2. The van der Waals surface area contributed by atoms with Gasteiger partial charge in [-0.15, -0.1) is 0 Å². The van der Waals surface area contributed by atoms with Crippen LogP contribution in [-0.4, -0.2) is 42.7 Å². The van der Waals surface area contributed by atoms with Crippen LogP contribution in [0.15, 0.2) is 18.2 Å². The second kappa shape index (κ2) is 5.85. The Morgan fingerprint density at radius 3 is 2.57 bits per heavy atom. The van der Waals surface area contributed by atoms with Crippen LogP contribution in [0.25, 0.3) is 0 Å². The third-order valence-corrected chi connectivity index (χ3v) is 4.02. The van der Waals surface area contributed by atoms with Crippen LogP contribution in [0, 0.1) is 0 Å². The van der Waals surface area contributed by atoms with Crippen LogP contribution in [0.4, 0.5) is 14.5 Å². The lowest BCUT2D eigenvalue weighted by Crippen LogP contribution is -2.46. The Labute approximate surface area is 121 Å². The number of piperidine rings is 1. The zero-order valence-corrected chi connectivity index (χ0v) is 11.7. The molecule has 1 aliphatic rings. The Morgan fingerprint density at radius 2 is 2.05 bits per heavy atom. The quantitative estimate of drug-likeness (QED) is 0.831. The largest absolute Gasteiger partial charge is 0.481 e. The molecule has 1 aliphatic heterocycles. The molecule has 5 nitrogen and oxygen atoms in total. The number of aliphatic carboxylic acids is 1. The summed E-state index contributed by atoms with van der Waals surface area (Å²) in [6.45, 7) is -1.75. The first-order chi connectivity index (χ1) is 9.85. The molecular weight excluding hydrogens is 282 g/mol.